The van der Waals surface area contributed by atoms with Crippen molar-refractivity contribution in [2.75, 3.05) is 0 Å². The fourth-order valence-corrected chi connectivity index (χ4v) is 2.38. The van der Waals surface area contributed by atoms with E-state index in [9.17, 15) is 9.18 Å². The fourth-order valence-electron chi connectivity index (χ4n) is 1.32. The number of carbonyl (C=O) groups excluding carboxylic acids is 1. The summed E-state index contributed by atoms with van der Waals surface area (Å²) in [5, 5.41) is 4.56. The second-order valence-corrected chi connectivity index (χ2v) is 4.91. The molecule has 0 radical (unpaired) electrons. The molecule has 0 fully saturated rings. The van der Waals surface area contributed by atoms with Crippen LogP contribution in [0.4, 0.5) is 4.39 Å². The van der Waals surface area contributed by atoms with Gasteiger partial charge in [-0.05, 0) is 23.8 Å². The van der Waals surface area contributed by atoms with Gasteiger partial charge >= 0.3 is 0 Å². The minimum atomic E-state index is -0.280. The molecule has 1 N–H and O–H groups in total. The third-order valence-electron chi connectivity index (χ3n) is 2.18. The number of hydrogen-bond donors (Lipinski definition) is 2. The highest BCUT2D eigenvalue weighted by molar-refractivity contribution is 7.80. The lowest BCUT2D eigenvalue weighted by Crippen LogP contribution is -2.21. The topological polar surface area (TPSA) is 29.1 Å². The van der Waals surface area contributed by atoms with Crippen molar-refractivity contribution in [2.45, 2.75) is 11.4 Å². The molecule has 0 atom stereocenters. The Bertz CT molecular complexity index is 522. The van der Waals surface area contributed by atoms with Crippen LogP contribution in [0.25, 0.3) is 0 Å². The van der Waals surface area contributed by atoms with Gasteiger partial charge in [-0.15, -0.1) is 24.0 Å². The van der Waals surface area contributed by atoms with Crippen LogP contribution in [0.1, 0.15) is 15.2 Å². The van der Waals surface area contributed by atoms with Crippen LogP contribution >= 0.6 is 24.0 Å². The van der Waals surface area contributed by atoms with E-state index in [2.05, 4.69) is 17.9 Å². The summed E-state index contributed by atoms with van der Waals surface area (Å²) in [6.07, 6.45) is 0. The van der Waals surface area contributed by atoms with E-state index in [0.717, 1.165) is 10.5 Å². The summed E-state index contributed by atoms with van der Waals surface area (Å²) in [5.41, 5.74) is 0.863. The molecule has 0 unspecified atom stereocenters. The number of benzene rings is 1. The number of carbonyl (C=O) groups is 1. The van der Waals surface area contributed by atoms with Crippen molar-refractivity contribution in [3.63, 3.8) is 0 Å². The predicted molar refractivity (Wildman–Crippen MR) is 69.1 cm³/mol. The highest BCUT2D eigenvalue weighted by Gasteiger charge is 2.07. The first-order valence-corrected chi connectivity index (χ1v) is 6.28. The molecule has 0 aliphatic rings. The average Bonchev–Trinajstić information content (AvgIpc) is 2.75. The summed E-state index contributed by atoms with van der Waals surface area (Å²) in [6, 6.07) is 7.76. The minimum absolute atomic E-state index is 0.139. The Morgan fingerprint density at radius 1 is 1.35 bits per heavy atom. The summed E-state index contributed by atoms with van der Waals surface area (Å²) in [5.74, 6) is -0.419. The number of thiol groups is 1. The summed E-state index contributed by atoms with van der Waals surface area (Å²) in [7, 11) is 0. The van der Waals surface area contributed by atoms with Gasteiger partial charge in [0.15, 0.2) is 0 Å². The van der Waals surface area contributed by atoms with Gasteiger partial charge < -0.3 is 5.32 Å². The SMILES string of the molecule is O=C(NCc1ccc(F)cc1)c1cc(S)cs1. The lowest BCUT2D eigenvalue weighted by molar-refractivity contribution is 0.0955. The number of thiophene rings is 1. The van der Waals surface area contributed by atoms with E-state index in [1.165, 1.54) is 23.5 Å². The van der Waals surface area contributed by atoms with Gasteiger partial charge in [0, 0.05) is 16.8 Å². The zero-order valence-electron chi connectivity index (χ0n) is 8.81. The molecule has 1 aromatic carbocycles. The Kier molecular flexibility index (Phi) is 3.81. The second-order valence-electron chi connectivity index (χ2n) is 3.48. The average molecular weight is 267 g/mol. The normalized spacial score (nSPS) is 10.2. The van der Waals surface area contributed by atoms with Crippen molar-refractivity contribution in [3.05, 3.63) is 52.0 Å². The maximum atomic E-state index is 12.7. The summed E-state index contributed by atoms with van der Waals surface area (Å²) >= 11 is 5.48. The van der Waals surface area contributed by atoms with Crippen LogP contribution in [0.5, 0.6) is 0 Å². The second kappa shape index (κ2) is 5.33. The van der Waals surface area contributed by atoms with Gasteiger partial charge in [0.25, 0.3) is 5.91 Å². The van der Waals surface area contributed by atoms with E-state index in [0.29, 0.717) is 11.4 Å². The van der Waals surface area contributed by atoms with E-state index < -0.39 is 0 Å². The van der Waals surface area contributed by atoms with Crippen LogP contribution in [-0.4, -0.2) is 5.91 Å². The van der Waals surface area contributed by atoms with Crippen LogP contribution in [0, 0.1) is 5.82 Å². The standard InChI is InChI=1S/C12H10FNOS2/c13-9-3-1-8(2-4-9)6-14-12(15)11-5-10(16)7-17-11/h1-5,7,16H,6H2,(H,14,15). The number of amides is 1. The van der Waals surface area contributed by atoms with Gasteiger partial charge in [-0.25, -0.2) is 4.39 Å². The number of nitrogens with one attached hydrogen (secondary N) is 1. The molecule has 0 saturated carbocycles. The van der Waals surface area contributed by atoms with Gasteiger partial charge in [0.2, 0.25) is 0 Å². The Balaban J connectivity index is 1.94. The molecule has 0 saturated heterocycles. The van der Waals surface area contributed by atoms with Gasteiger partial charge in [-0.1, -0.05) is 12.1 Å². The molecule has 5 heteroatoms. The largest absolute Gasteiger partial charge is 0.347 e. The lowest BCUT2D eigenvalue weighted by Gasteiger charge is -2.03. The Labute approximate surface area is 108 Å². The molecule has 1 aromatic heterocycles. The third kappa shape index (κ3) is 3.31. The highest BCUT2D eigenvalue weighted by atomic mass is 32.1. The molecule has 0 bridgehead atoms. The van der Waals surface area contributed by atoms with Crippen molar-refractivity contribution in [3.8, 4) is 0 Å². The van der Waals surface area contributed by atoms with Crippen molar-refractivity contribution < 1.29 is 9.18 Å². The zero-order valence-corrected chi connectivity index (χ0v) is 10.5. The monoisotopic (exact) mass is 267 g/mol. The molecule has 0 aliphatic carbocycles. The molecule has 0 spiro atoms. The number of rotatable bonds is 3. The number of hydrogen-bond acceptors (Lipinski definition) is 3. The molecule has 1 heterocycles. The van der Waals surface area contributed by atoms with Crippen molar-refractivity contribution in [2.24, 2.45) is 0 Å². The Morgan fingerprint density at radius 3 is 2.65 bits per heavy atom. The highest BCUT2D eigenvalue weighted by Crippen LogP contribution is 2.17. The molecule has 88 valence electrons. The first-order chi connectivity index (χ1) is 8.15. The van der Waals surface area contributed by atoms with Crippen LogP contribution < -0.4 is 5.32 Å². The van der Waals surface area contributed by atoms with Crippen LogP contribution in [0.2, 0.25) is 0 Å². The van der Waals surface area contributed by atoms with Crippen LogP contribution in [0.3, 0.4) is 0 Å². The maximum absolute atomic E-state index is 12.7. The van der Waals surface area contributed by atoms with E-state index >= 15 is 0 Å². The summed E-state index contributed by atoms with van der Waals surface area (Å²) in [4.78, 5) is 13.1. The molecule has 1 amide bonds. The molecule has 17 heavy (non-hydrogen) atoms. The van der Waals surface area contributed by atoms with Gasteiger partial charge in [-0.2, -0.15) is 0 Å². The van der Waals surface area contributed by atoms with Crippen molar-refractivity contribution in [1.82, 2.24) is 5.32 Å². The molecule has 0 aliphatic heterocycles. The van der Waals surface area contributed by atoms with Gasteiger partial charge in [-0.3, -0.25) is 4.79 Å². The Hall–Kier alpha value is -1.33. The first-order valence-electron chi connectivity index (χ1n) is 4.95. The molecular weight excluding hydrogens is 257 g/mol. The molecule has 2 aromatic rings. The molecular formula is C12H10FNOS2. The Morgan fingerprint density at radius 2 is 2.06 bits per heavy atom. The smallest absolute Gasteiger partial charge is 0.261 e. The summed E-state index contributed by atoms with van der Waals surface area (Å²) < 4.78 is 12.7. The predicted octanol–water partition coefficient (Wildman–Crippen LogP) is 3.11. The van der Waals surface area contributed by atoms with E-state index in [1.54, 1.807) is 23.6 Å². The third-order valence-corrected chi connectivity index (χ3v) is 3.54. The van der Waals surface area contributed by atoms with Gasteiger partial charge in [0.05, 0.1) is 4.88 Å². The summed E-state index contributed by atoms with van der Waals surface area (Å²) in [6.45, 7) is 0.388. The molecule has 2 nitrogen and oxygen atoms in total. The zero-order chi connectivity index (χ0) is 12.3. The minimum Gasteiger partial charge on any atom is -0.347 e. The van der Waals surface area contributed by atoms with Crippen LogP contribution in [-0.2, 0) is 6.54 Å². The number of halogens is 1. The first kappa shape index (κ1) is 12.1. The van der Waals surface area contributed by atoms with Gasteiger partial charge in [0.1, 0.15) is 5.82 Å². The fraction of sp³-hybridized carbons (Fsp3) is 0.0833. The van der Waals surface area contributed by atoms with Crippen LogP contribution in [0.15, 0.2) is 40.6 Å². The quantitative estimate of drug-likeness (QED) is 0.822. The maximum Gasteiger partial charge on any atom is 0.261 e. The van der Waals surface area contributed by atoms with E-state index in [1.807, 2.05) is 0 Å². The lowest BCUT2D eigenvalue weighted by atomic mass is 10.2. The van der Waals surface area contributed by atoms with E-state index in [-0.39, 0.29) is 11.7 Å². The molecule has 2 rings (SSSR count). The van der Waals surface area contributed by atoms with Crippen molar-refractivity contribution >= 4 is 29.9 Å². The van der Waals surface area contributed by atoms with E-state index in [4.69, 9.17) is 0 Å². The van der Waals surface area contributed by atoms with Crippen molar-refractivity contribution in [1.29, 1.82) is 0 Å².